The maximum atomic E-state index is 14.5. The van der Waals surface area contributed by atoms with Gasteiger partial charge >= 0.3 is 5.97 Å². The van der Waals surface area contributed by atoms with E-state index in [1.807, 2.05) is 0 Å². The normalized spacial score (nSPS) is 11.3. The number of hydrogen-bond donors (Lipinski definition) is 1. The maximum absolute atomic E-state index is 14.5. The number of nitrogens with zero attached hydrogens (tertiary/aromatic N) is 2. The fourth-order valence-electron chi connectivity index (χ4n) is 3.65. The number of hydrogen-bond acceptors (Lipinski definition) is 8. The van der Waals surface area contributed by atoms with Crippen molar-refractivity contribution < 1.29 is 32.6 Å². The minimum Gasteiger partial charge on any atom is -0.497 e. The van der Waals surface area contributed by atoms with Gasteiger partial charge in [0.15, 0.2) is 5.58 Å². The third kappa shape index (κ3) is 5.64. The highest BCUT2D eigenvalue weighted by Gasteiger charge is 2.19. The van der Waals surface area contributed by atoms with Crippen LogP contribution in [0.1, 0.15) is 35.0 Å². The lowest BCUT2D eigenvalue weighted by Crippen LogP contribution is -2.22. The number of para-hydroxylation sites is 1. The van der Waals surface area contributed by atoms with E-state index in [2.05, 4.69) is 15.3 Å². The number of aryl methyl sites for hydroxylation is 1. The van der Waals surface area contributed by atoms with E-state index in [0.717, 1.165) is 0 Å². The summed E-state index contributed by atoms with van der Waals surface area (Å²) in [7, 11) is 2.99. The summed E-state index contributed by atoms with van der Waals surface area (Å²) in [5, 5.41) is 3.29. The van der Waals surface area contributed by atoms with Crippen LogP contribution in [0.25, 0.3) is 11.0 Å². The lowest BCUT2D eigenvalue weighted by molar-refractivity contribution is -0.144. The van der Waals surface area contributed by atoms with Crippen molar-refractivity contribution in [3.63, 3.8) is 0 Å². The van der Waals surface area contributed by atoms with Gasteiger partial charge in [0.1, 0.15) is 35.2 Å². The molecule has 4 aromatic rings. The topological polar surface area (TPSA) is 112 Å². The minimum atomic E-state index is -0.583. The van der Waals surface area contributed by atoms with E-state index >= 15 is 0 Å². The Morgan fingerprint density at radius 2 is 1.89 bits per heavy atom. The first-order valence-corrected chi connectivity index (χ1v) is 11.7. The number of nitrogens with one attached hydrogen (secondary N) is 1. The van der Waals surface area contributed by atoms with E-state index in [9.17, 15) is 14.0 Å². The fourth-order valence-corrected chi connectivity index (χ4v) is 3.65. The van der Waals surface area contributed by atoms with Crippen LogP contribution in [-0.2, 0) is 16.1 Å². The Morgan fingerprint density at radius 3 is 2.61 bits per heavy atom. The summed E-state index contributed by atoms with van der Waals surface area (Å²) in [4.78, 5) is 34.0. The molecule has 10 heteroatoms. The van der Waals surface area contributed by atoms with Crippen LogP contribution >= 0.6 is 0 Å². The first-order valence-electron chi connectivity index (χ1n) is 11.7. The molecule has 0 unspecified atom stereocenters. The molecule has 9 nitrogen and oxygen atoms in total. The summed E-state index contributed by atoms with van der Waals surface area (Å²) >= 11 is 0. The molecule has 1 N–H and O–H groups in total. The molecular weight excluding hydrogens is 493 g/mol. The number of carbonyl (C=O) groups excluding carboxylic acids is 2. The number of rotatable bonds is 8. The van der Waals surface area contributed by atoms with Crippen LogP contribution in [0.4, 0.5) is 15.8 Å². The second kappa shape index (κ2) is 11.5. The molecule has 1 amide bonds. The molecule has 0 radical (unpaired) electrons. The average Bonchev–Trinajstić information content (AvgIpc) is 2.93. The van der Waals surface area contributed by atoms with Gasteiger partial charge in [0.25, 0.3) is 5.91 Å². The third-order valence-electron chi connectivity index (χ3n) is 5.70. The summed E-state index contributed by atoms with van der Waals surface area (Å²) in [5.74, 6) is -0.632. The van der Waals surface area contributed by atoms with Gasteiger partial charge in [-0.3, -0.25) is 14.6 Å². The quantitative estimate of drug-likeness (QED) is 0.317. The minimum absolute atomic E-state index is 0.00896. The number of carbonyl (C=O) groups is 2. The van der Waals surface area contributed by atoms with Crippen molar-refractivity contribution >= 4 is 34.2 Å². The Balaban J connectivity index is 1.89. The zero-order valence-electron chi connectivity index (χ0n) is 21.3. The molecular formula is C28H26FN3O6. The Bertz CT molecular complexity index is 1580. The maximum Gasteiger partial charge on any atom is 0.305 e. The lowest BCUT2D eigenvalue weighted by atomic mass is 10.1. The SMILES string of the molecule is CCC(=O)OCc1cnc(C)c2oc(=Nc3ccccc3F)c(C(=O)Nc3ccc(OC)cc3OC)cc12. The highest BCUT2D eigenvalue weighted by molar-refractivity contribution is 6.06. The largest absolute Gasteiger partial charge is 0.497 e. The second-order valence-corrected chi connectivity index (χ2v) is 8.17. The van der Waals surface area contributed by atoms with Crippen molar-refractivity contribution in [1.29, 1.82) is 0 Å². The molecule has 196 valence electrons. The van der Waals surface area contributed by atoms with Crippen LogP contribution in [0.2, 0.25) is 0 Å². The highest BCUT2D eigenvalue weighted by Crippen LogP contribution is 2.30. The Hall–Kier alpha value is -4.73. The average molecular weight is 520 g/mol. The number of anilines is 1. The molecule has 0 fully saturated rings. The van der Waals surface area contributed by atoms with Crippen LogP contribution in [0, 0.1) is 12.7 Å². The van der Waals surface area contributed by atoms with Crippen molar-refractivity contribution in [1.82, 2.24) is 4.98 Å². The molecule has 38 heavy (non-hydrogen) atoms. The molecule has 0 aliphatic heterocycles. The number of pyridine rings is 1. The van der Waals surface area contributed by atoms with E-state index in [0.29, 0.717) is 39.4 Å². The summed E-state index contributed by atoms with van der Waals surface area (Å²) < 4.78 is 36.4. The van der Waals surface area contributed by atoms with E-state index in [1.165, 1.54) is 32.4 Å². The van der Waals surface area contributed by atoms with Gasteiger partial charge in [-0.1, -0.05) is 19.1 Å². The predicted molar refractivity (Wildman–Crippen MR) is 138 cm³/mol. The number of benzene rings is 2. The van der Waals surface area contributed by atoms with Crippen LogP contribution in [0.5, 0.6) is 11.5 Å². The number of amides is 1. The van der Waals surface area contributed by atoms with E-state index in [-0.39, 0.29) is 35.8 Å². The molecule has 0 aliphatic carbocycles. The predicted octanol–water partition coefficient (Wildman–Crippen LogP) is 5.23. The van der Waals surface area contributed by atoms with Gasteiger partial charge < -0.3 is 23.9 Å². The molecule has 2 aromatic heterocycles. The number of aromatic nitrogens is 1. The smallest absolute Gasteiger partial charge is 0.305 e. The van der Waals surface area contributed by atoms with Crippen molar-refractivity contribution in [3.8, 4) is 11.5 Å². The Kier molecular flexibility index (Phi) is 8.00. The van der Waals surface area contributed by atoms with Gasteiger partial charge in [-0.2, -0.15) is 0 Å². The highest BCUT2D eigenvalue weighted by atomic mass is 19.1. The Labute approximate surface area is 217 Å². The zero-order chi connectivity index (χ0) is 27.2. The third-order valence-corrected chi connectivity index (χ3v) is 5.70. The van der Waals surface area contributed by atoms with Gasteiger partial charge in [-0.25, -0.2) is 9.38 Å². The van der Waals surface area contributed by atoms with Crippen LogP contribution in [0.15, 0.2) is 64.1 Å². The summed E-state index contributed by atoms with van der Waals surface area (Å²) in [6, 6.07) is 12.4. The van der Waals surface area contributed by atoms with Gasteiger partial charge in [-0.05, 0) is 37.3 Å². The van der Waals surface area contributed by atoms with Crippen molar-refractivity contribution in [2.45, 2.75) is 26.9 Å². The van der Waals surface area contributed by atoms with Crippen molar-refractivity contribution in [2.24, 2.45) is 4.99 Å². The van der Waals surface area contributed by atoms with Crippen LogP contribution in [0.3, 0.4) is 0 Å². The van der Waals surface area contributed by atoms with Gasteiger partial charge in [0, 0.05) is 29.6 Å². The van der Waals surface area contributed by atoms with Gasteiger partial charge in [0.05, 0.1) is 25.6 Å². The molecule has 2 heterocycles. The summed E-state index contributed by atoms with van der Waals surface area (Å²) in [6.45, 7) is 3.35. The molecule has 2 aromatic carbocycles. The first-order chi connectivity index (χ1) is 18.3. The Morgan fingerprint density at radius 1 is 1.11 bits per heavy atom. The fraction of sp³-hybridized carbons (Fsp3) is 0.214. The molecule has 0 bridgehead atoms. The van der Waals surface area contributed by atoms with E-state index in [1.54, 1.807) is 50.4 Å². The first kappa shape index (κ1) is 26.3. The zero-order valence-corrected chi connectivity index (χ0v) is 21.3. The van der Waals surface area contributed by atoms with Gasteiger partial charge in [0.2, 0.25) is 5.55 Å². The van der Waals surface area contributed by atoms with Crippen molar-refractivity contribution in [2.75, 3.05) is 19.5 Å². The van der Waals surface area contributed by atoms with E-state index in [4.69, 9.17) is 18.6 Å². The van der Waals surface area contributed by atoms with E-state index < -0.39 is 11.7 Å². The second-order valence-electron chi connectivity index (χ2n) is 8.17. The van der Waals surface area contributed by atoms with Crippen LogP contribution in [-0.4, -0.2) is 31.1 Å². The number of esters is 1. The molecule has 0 atom stereocenters. The molecule has 0 aliphatic rings. The van der Waals surface area contributed by atoms with Crippen LogP contribution < -0.4 is 20.3 Å². The lowest BCUT2D eigenvalue weighted by Gasteiger charge is -2.13. The molecule has 0 saturated carbocycles. The summed E-state index contributed by atoms with van der Waals surface area (Å²) in [5.41, 5.74) is 1.63. The number of halogens is 1. The summed E-state index contributed by atoms with van der Waals surface area (Å²) in [6.07, 6.45) is 1.77. The number of fused-ring (bicyclic) bond motifs is 1. The van der Waals surface area contributed by atoms with Gasteiger partial charge in [-0.15, -0.1) is 0 Å². The monoisotopic (exact) mass is 519 g/mol. The standard InChI is InChI=1S/C28H26FN3O6/c1-5-25(33)37-15-17-14-30-16(2)26-19(17)13-20(28(38-26)32-22-9-7-6-8-21(22)29)27(34)31-23-11-10-18(35-3)12-24(23)36-4/h6-14H,5,15H2,1-4H3,(H,31,34). The molecule has 4 rings (SSSR count). The molecule has 0 spiro atoms. The number of methoxy groups -OCH3 is 2. The number of ether oxygens (including phenoxy) is 3. The molecule has 0 saturated heterocycles. The van der Waals surface area contributed by atoms with Crippen molar-refractivity contribution in [3.05, 3.63) is 82.9 Å².